The number of H-pyrrole nitrogens is 1. The fourth-order valence-electron chi connectivity index (χ4n) is 3.27. The van der Waals surface area contributed by atoms with Crippen LogP contribution in [0.5, 0.6) is 0 Å². The van der Waals surface area contributed by atoms with Crippen LogP contribution in [0.1, 0.15) is 40.8 Å². The van der Waals surface area contributed by atoms with Crippen molar-refractivity contribution in [1.29, 1.82) is 0 Å². The molecule has 0 saturated carbocycles. The number of aromatic nitrogens is 2. The summed E-state index contributed by atoms with van der Waals surface area (Å²) in [6.45, 7) is 0.566. The van der Waals surface area contributed by atoms with E-state index in [9.17, 15) is 9.18 Å². The Balaban J connectivity index is 1.92. The molecule has 0 saturated heterocycles. The van der Waals surface area contributed by atoms with E-state index < -0.39 is 0 Å². The summed E-state index contributed by atoms with van der Waals surface area (Å²) in [7, 11) is 3.85. The molecule has 3 rings (SSSR count). The van der Waals surface area contributed by atoms with Crippen LogP contribution in [0.3, 0.4) is 0 Å². The van der Waals surface area contributed by atoms with Crippen molar-refractivity contribution in [3.63, 3.8) is 0 Å². The number of hydrogen-bond acceptors (Lipinski definition) is 3. The van der Waals surface area contributed by atoms with Crippen LogP contribution in [0, 0.1) is 5.82 Å². The molecule has 5 heteroatoms. The maximum absolute atomic E-state index is 13.9. The van der Waals surface area contributed by atoms with Crippen LogP contribution in [0.2, 0.25) is 0 Å². The Kier molecular flexibility index (Phi) is 4.57. The molecule has 1 aliphatic carbocycles. The summed E-state index contributed by atoms with van der Waals surface area (Å²) in [4.78, 5) is 13.9. The number of halogens is 1. The average Bonchev–Trinajstić information content (AvgIpc) is 2.53. The number of aromatic amines is 1. The minimum Gasteiger partial charge on any atom is -0.305 e. The average molecular weight is 315 g/mol. The highest BCUT2D eigenvalue weighted by atomic mass is 19.1. The maximum atomic E-state index is 13.9. The molecule has 1 aromatic heterocycles. The number of rotatable bonds is 4. The van der Waals surface area contributed by atoms with Crippen molar-refractivity contribution < 1.29 is 4.39 Å². The van der Waals surface area contributed by atoms with Gasteiger partial charge in [0.2, 0.25) is 0 Å². The summed E-state index contributed by atoms with van der Waals surface area (Å²) in [6, 6.07) is 5.22. The summed E-state index contributed by atoms with van der Waals surface area (Å²) >= 11 is 0. The molecule has 0 fully saturated rings. The van der Waals surface area contributed by atoms with Crippen LogP contribution in [0.25, 0.3) is 0 Å². The van der Waals surface area contributed by atoms with E-state index in [0.717, 1.165) is 48.1 Å². The highest BCUT2D eigenvalue weighted by Crippen LogP contribution is 2.22. The Bertz CT molecular complexity index is 767. The Morgan fingerprint density at radius 2 is 1.96 bits per heavy atom. The van der Waals surface area contributed by atoms with Gasteiger partial charge in [0.1, 0.15) is 5.82 Å². The molecule has 122 valence electrons. The predicted octanol–water partition coefficient (Wildman–Crippen LogP) is 2.44. The van der Waals surface area contributed by atoms with Gasteiger partial charge in [-0.25, -0.2) is 9.49 Å². The number of benzene rings is 1. The van der Waals surface area contributed by atoms with E-state index in [1.54, 1.807) is 6.07 Å². The molecular formula is C18H22FN3O. The summed E-state index contributed by atoms with van der Waals surface area (Å²) < 4.78 is 13.9. The van der Waals surface area contributed by atoms with Crippen molar-refractivity contribution in [2.75, 3.05) is 14.1 Å². The molecule has 0 amide bonds. The Labute approximate surface area is 135 Å². The van der Waals surface area contributed by atoms with Crippen molar-refractivity contribution in [2.24, 2.45) is 0 Å². The quantitative estimate of drug-likeness (QED) is 0.943. The molecule has 1 aliphatic rings. The lowest BCUT2D eigenvalue weighted by molar-refractivity contribution is 0.392. The number of fused-ring (bicyclic) bond motifs is 1. The Morgan fingerprint density at radius 1 is 1.22 bits per heavy atom. The first-order valence-corrected chi connectivity index (χ1v) is 8.06. The largest absolute Gasteiger partial charge is 0.305 e. The third-order valence-electron chi connectivity index (χ3n) is 4.35. The molecular weight excluding hydrogens is 293 g/mol. The summed E-state index contributed by atoms with van der Waals surface area (Å²) in [6.07, 6.45) is 4.52. The second kappa shape index (κ2) is 6.62. The fourth-order valence-corrected chi connectivity index (χ4v) is 3.27. The number of nitrogens with zero attached hydrogens (tertiary/aromatic N) is 2. The van der Waals surface area contributed by atoms with Gasteiger partial charge in [-0.15, -0.1) is 0 Å². The van der Waals surface area contributed by atoms with Gasteiger partial charge in [-0.05, 0) is 57.0 Å². The zero-order chi connectivity index (χ0) is 16.4. The van der Waals surface area contributed by atoms with Gasteiger partial charge in [0.25, 0.3) is 5.56 Å². The van der Waals surface area contributed by atoms with Crippen LogP contribution in [-0.4, -0.2) is 29.2 Å². The second-order valence-corrected chi connectivity index (χ2v) is 6.50. The number of hydrogen-bond donors (Lipinski definition) is 1. The van der Waals surface area contributed by atoms with Crippen molar-refractivity contribution in [1.82, 2.24) is 15.1 Å². The van der Waals surface area contributed by atoms with Gasteiger partial charge in [0.15, 0.2) is 0 Å². The smallest absolute Gasteiger partial charge is 0.267 e. The first-order chi connectivity index (χ1) is 11.0. The van der Waals surface area contributed by atoms with Gasteiger partial charge in [0, 0.05) is 24.1 Å². The lowest BCUT2D eigenvalue weighted by atomic mass is 9.90. The van der Waals surface area contributed by atoms with Gasteiger partial charge >= 0.3 is 0 Å². The minimum absolute atomic E-state index is 0.0594. The third-order valence-corrected chi connectivity index (χ3v) is 4.35. The summed E-state index contributed by atoms with van der Waals surface area (Å²) in [5.41, 5.74) is 4.55. The van der Waals surface area contributed by atoms with Crippen LogP contribution in [0.15, 0.2) is 23.0 Å². The zero-order valence-corrected chi connectivity index (χ0v) is 13.7. The van der Waals surface area contributed by atoms with E-state index in [-0.39, 0.29) is 11.4 Å². The van der Waals surface area contributed by atoms with E-state index in [0.29, 0.717) is 18.5 Å². The molecule has 0 unspecified atom stereocenters. The monoisotopic (exact) mass is 315 g/mol. The first kappa shape index (κ1) is 15.9. The van der Waals surface area contributed by atoms with Crippen LogP contribution < -0.4 is 5.56 Å². The molecule has 0 aliphatic heterocycles. The SMILES string of the molecule is CN(C)Cc1cc(Cc2n[nH]c(=O)c3c2CCCC3)ccc1F. The second-order valence-electron chi connectivity index (χ2n) is 6.50. The molecule has 1 heterocycles. The Hall–Kier alpha value is -2.01. The van der Waals surface area contributed by atoms with Crippen molar-refractivity contribution in [2.45, 2.75) is 38.6 Å². The molecule has 0 atom stereocenters. The van der Waals surface area contributed by atoms with Crippen molar-refractivity contribution in [3.05, 3.63) is 62.3 Å². The summed E-state index contributed by atoms with van der Waals surface area (Å²) in [5.74, 6) is -0.182. The standard InChI is InChI=1S/C18H22FN3O/c1-22(2)11-13-9-12(7-8-16(13)19)10-17-14-5-3-4-6-15(14)18(23)21-20-17/h7-9H,3-6,10-11H2,1-2H3,(H,21,23). The van der Waals surface area contributed by atoms with E-state index in [4.69, 9.17) is 0 Å². The van der Waals surface area contributed by atoms with Gasteiger partial charge in [-0.3, -0.25) is 4.79 Å². The van der Waals surface area contributed by atoms with Gasteiger partial charge < -0.3 is 4.90 Å². The zero-order valence-electron chi connectivity index (χ0n) is 13.7. The van der Waals surface area contributed by atoms with Crippen molar-refractivity contribution >= 4 is 0 Å². The highest BCUT2D eigenvalue weighted by molar-refractivity contribution is 5.35. The molecule has 0 bridgehead atoms. The van der Waals surface area contributed by atoms with Gasteiger partial charge in [0.05, 0.1) is 5.69 Å². The predicted molar refractivity (Wildman–Crippen MR) is 88.1 cm³/mol. The fraction of sp³-hybridized carbons (Fsp3) is 0.444. The van der Waals surface area contributed by atoms with Gasteiger partial charge in [-0.2, -0.15) is 5.10 Å². The van der Waals surface area contributed by atoms with Crippen LogP contribution in [0.4, 0.5) is 4.39 Å². The molecule has 1 N–H and O–H groups in total. The molecule has 0 spiro atoms. The van der Waals surface area contributed by atoms with E-state index in [1.165, 1.54) is 6.07 Å². The molecule has 2 aromatic rings. The highest BCUT2D eigenvalue weighted by Gasteiger charge is 2.18. The topological polar surface area (TPSA) is 49.0 Å². The first-order valence-electron chi connectivity index (χ1n) is 8.06. The molecule has 1 aromatic carbocycles. The lowest BCUT2D eigenvalue weighted by Gasteiger charge is -2.17. The normalized spacial score (nSPS) is 14.1. The summed E-state index contributed by atoms with van der Waals surface area (Å²) in [5, 5.41) is 6.88. The Morgan fingerprint density at radius 3 is 2.70 bits per heavy atom. The van der Waals surface area contributed by atoms with E-state index >= 15 is 0 Å². The van der Waals surface area contributed by atoms with E-state index in [1.807, 2.05) is 25.1 Å². The minimum atomic E-state index is -0.182. The van der Waals surface area contributed by atoms with E-state index in [2.05, 4.69) is 10.2 Å². The van der Waals surface area contributed by atoms with Crippen molar-refractivity contribution in [3.8, 4) is 0 Å². The maximum Gasteiger partial charge on any atom is 0.267 e. The van der Waals surface area contributed by atoms with Crippen LogP contribution in [-0.2, 0) is 25.8 Å². The lowest BCUT2D eigenvalue weighted by Crippen LogP contribution is -2.23. The van der Waals surface area contributed by atoms with Gasteiger partial charge in [-0.1, -0.05) is 12.1 Å². The number of nitrogens with one attached hydrogen (secondary N) is 1. The molecule has 4 nitrogen and oxygen atoms in total. The molecule has 23 heavy (non-hydrogen) atoms. The van der Waals surface area contributed by atoms with Crippen LogP contribution >= 0.6 is 0 Å². The third kappa shape index (κ3) is 3.50. The molecule has 0 radical (unpaired) electrons.